The zero-order valence-corrected chi connectivity index (χ0v) is 7.32. The molecule has 2 nitrogen and oxygen atoms in total. The van der Waals surface area contributed by atoms with Crippen LogP contribution in [-0.4, -0.2) is 11.3 Å². The van der Waals surface area contributed by atoms with Crippen molar-refractivity contribution in [3.05, 3.63) is 41.6 Å². The molecule has 0 bridgehead atoms. The molecule has 2 aromatic rings. The molecule has 2 rings (SSSR count). The van der Waals surface area contributed by atoms with Crippen molar-refractivity contribution in [3.8, 4) is 0 Å². The number of pyridine rings is 1. The number of aryl methyl sites for hydroxylation is 1. The second-order valence-corrected chi connectivity index (χ2v) is 3.05. The topological polar surface area (TPSA) is 30.0 Å². The molecule has 0 saturated carbocycles. The number of carbonyl (C=O) groups excluding carboxylic acids is 1. The van der Waals surface area contributed by atoms with Crippen molar-refractivity contribution in [2.24, 2.45) is 0 Å². The molecule has 0 radical (unpaired) electrons. The van der Waals surface area contributed by atoms with E-state index in [9.17, 15) is 4.79 Å². The molecule has 2 heteroatoms. The van der Waals surface area contributed by atoms with Gasteiger partial charge in [-0.05, 0) is 24.6 Å². The van der Waals surface area contributed by atoms with Crippen molar-refractivity contribution in [2.75, 3.05) is 0 Å². The minimum Gasteiger partial charge on any atom is -0.298 e. The summed E-state index contributed by atoms with van der Waals surface area (Å²) < 4.78 is 0. The Labute approximate surface area is 76.2 Å². The van der Waals surface area contributed by atoms with Gasteiger partial charge in [-0.25, -0.2) is 0 Å². The Hall–Kier alpha value is -1.70. The number of aromatic nitrogens is 1. The highest BCUT2D eigenvalue weighted by molar-refractivity contribution is 5.95. The summed E-state index contributed by atoms with van der Waals surface area (Å²) in [5, 5.41) is 1.02. The average Bonchev–Trinajstić information content (AvgIpc) is 2.16. The van der Waals surface area contributed by atoms with Crippen LogP contribution in [0.5, 0.6) is 0 Å². The van der Waals surface area contributed by atoms with Gasteiger partial charge in [0, 0.05) is 17.1 Å². The third-order valence-electron chi connectivity index (χ3n) is 2.01. The summed E-state index contributed by atoms with van der Waals surface area (Å²) in [5.41, 5.74) is 2.54. The molecule has 0 N–H and O–H groups in total. The molecule has 0 unspecified atom stereocenters. The zero-order chi connectivity index (χ0) is 9.26. The molecule has 0 aliphatic carbocycles. The van der Waals surface area contributed by atoms with Gasteiger partial charge in [0.05, 0.1) is 5.52 Å². The van der Waals surface area contributed by atoms with E-state index < -0.39 is 0 Å². The van der Waals surface area contributed by atoms with Gasteiger partial charge in [-0.2, -0.15) is 0 Å². The zero-order valence-electron chi connectivity index (χ0n) is 7.32. The van der Waals surface area contributed by atoms with E-state index in [1.165, 1.54) is 0 Å². The maximum absolute atomic E-state index is 10.7. The summed E-state index contributed by atoms with van der Waals surface area (Å²) in [4.78, 5) is 14.9. The molecular formula is C11H9NO. The highest BCUT2D eigenvalue weighted by Crippen LogP contribution is 2.15. The van der Waals surface area contributed by atoms with E-state index in [0.717, 1.165) is 22.8 Å². The van der Waals surface area contributed by atoms with Crippen LogP contribution in [0.1, 0.15) is 15.9 Å². The lowest BCUT2D eigenvalue weighted by Crippen LogP contribution is -1.87. The van der Waals surface area contributed by atoms with E-state index in [0.29, 0.717) is 5.56 Å². The summed E-state index contributed by atoms with van der Waals surface area (Å²) in [6, 6.07) is 7.63. The monoisotopic (exact) mass is 171 g/mol. The third kappa shape index (κ3) is 1.31. The van der Waals surface area contributed by atoms with Crippen molar-refractivity contribution in [1.29, 1.82) is 0 Å². The van der Waals surface area contributed by atoms with Gasteiger partial charge in [-0.1, -0.05) is 12.1 Å². The van der Waals surface area contributed by atoms with Gasteiger partial charge in [0.1, 0.15) is 0 Å². The van der Waals surface area contributed by atoms with Crippen LogP contribution in [-0.2, 0) is 0 Å². The van der Waals surface area contributed by atoms with Crippen LogP contribution in [0.25, 0.3) is 10.9 Å². The van der Waals surface area contributed by atoms with Gasteiger partial charge in [-0.3, -0.25) is 9.78 Å². The number of fused-ring (bicyclic) bond motifs is 1. The molecule has 0 atom stereocenters. The van der Waals surface area contributed by atoms with E-state index in [-0.39, 0.29) is 0 Å². The normalized spacial score (nSPS) is 10.2. The molecule has 1 aromatic carbocycles. The molecule has 0 spiro atoms. The fourth-order valence-electron chi connectivity index (χ4n) is 1.39. The first-order valence-electron chi connectivity index (χ1n) is 4.12. The average molecular weight is 171 g/mol. The maximum Gasteiger partial charge on any atom is 0.152 e. The fraction of sp³-hybridized carbons (Fsp3) is 0.0909. The van der Waals surface area contributed by atoms with E-state index in [1.54, 1.807) is 12.3 Å². The lowest BCUT2D eigenvalue weighted by atomic mass is 10.1. The van der Waals surface area contributed by atoms with E-state index in [4.69, 9.17) is 0 Å². The van der Waals surface area contributed by atoms with Crippen molar-refractivity contribution >= 4 is 17.2 Å². The van der Waals surface area contributed by atoms with Gasteiger partial charge in [0.2, 0.25) is 0 Å². The van der Waals surface area contributed by atoms with Gasteiger partial charge in [0.15, 0.2) is 6.29 Å². The summed E-state index contributed by atoms with van der Waals surface area (Å²) in [6.07, 6.45) is 2.61. The molecule has 0 fully saturated rings. The molecule has 1 aromatic heterocycles. The van der Waals surface area contributed by atoms with Gasteiger partial charge >= 0.3 is 0 Å². The van der Waals surface area contributed by atoms with Crippen LogP contribution >= 0.6 is 0 Å². The Morgan fingerprint density at radius 1 is 1.38 bits per heavy atom. The first-order chi connectivity index (χ1) is 6.31. The molecule has 13 heavy (non-hydrogen) atoms. The van der Waals surface area contributed by atoms with Crippen molar-refractivity contribution < 1.29 is 4.79 Å². The second-order valence-electron chi connectivity index (χ2n) is 3.05. The lowest BCUT2D eigenvalue weighted by Gasteiger charge is -1.99. The molecular weight excluding hydrogens is 162 g/mol. The SMILES string of the molecule is Cc1cnc2c(C=O)cccc2c1. The Morgan fingerprint density at radius 2 is 2.23 bits per heavy atom. The van der Waals surface area contributed by atoms with E-state index in [1.807, 2.05) is 25.1 Å². The van der Waals surface area contributed by atoms with Crippen LogP contribution in [0.3, 0.4) is 0 Å². The lowest BCUT2D eigenvalue weighted by molar-refractivity contribution is 0.112. The third-order valence-corrected chi connectivity index (χ3v) is 2.01. The Bertz CT molecular complexity index is 463. The van der Waals surface area contributed by atoms with Crippen LogP contribution < -0.4 is 0 Å². The number of aldehydes is 1. The number of benzene rings is 1. The Morgan fingerprint density at radius 3 is 3.00 bits per heavy atom. The number of rotatable bonds is 1. The highest BCUT2D eigenvalue weighted by atomic mass is 16.1. The first-order valence-corrected chi connectivity index (χ1v) is 4.12. The number of hydrogen-bond donors (Lipinski definition) is 0. The van der Waals surface area contributed by atoms with Crippen molar-refractivity contribution in [1.82, 2.24) is 4.98 Å². The van der Waals surface area contributed by atoms with Crippen LogP contribution in [0.2, 0.25) is 0 Å². The minimum atomic E-state index is 0.650. The second kappa shape index (κ2) is 2.98. The molecule has 0 saturated heterocycles. The predicted octanol–water partition coefficient (Wildman–Crippen LogP) is 2.36. The standard InChI is InChI=1S/C11H9NO/c1-8-5-9-3-2-4-10(7-13)11(9)12-6-8/h2-7H,1H3. The Kier molecular flexibility index (Phi) is 1.81. The molecule has 64 valence electrons. The number of hydrogen-bond acceptors (Lipinski definition) is 2. The predicted molar refractivity (Wildman–Crippen MR) is 51.9 cm³/mol. The molecule has 0 amide bonds. The first kappa shape index (κ1) is 7.92. The van der Waals surface area contributed by atoms with Crippen molar-refractivity contribution in [2.45, 2.75) is 6.92 Å². The smallest absolute Gasteiger partial charge is 0.152 e. The number of para-hydroxylation sites is 1. The summed E-state index contributed by atoms with van der Waals surface area (Å²) in [6.45, 7) is 1.99. The fourth-order valence-corrected chi connectivity index (χ4v) is 1.39. The van der Waals surface area contributed by atoms with Crippen LogP contribution in [0, 0.1) is 6.92 Å². The quantitative estimate of drug-likeness (QED) is 0.616. The van der Waals surface area contributed by atoms with E-state index in [2.05, 4.69) is 4.98 Å². The largest absolute Gasteiger partial charge is 0.298 e. The number of carbonyl (C=O) groups is 1. The molecule has 0 aliphatic rings. The summed E-state index contributed by atoms with van der Waals surface area (Å²) in [5.74, 6) is 0. The van der Waals surface area contributed by atoms with Gasteiger partial charge in [-0.15, -0.1) is 0 Å². The molecule has 1 heterocycles. The minimum absolute atomic E-state index is 0.650. The van der Waals surface area contributed by atoms with Crippen LogP contribution in [0.15, 0.2) is 30.5 Å². The number of nitrogens with zero attached hydrogens (tertiary/aromatic N) is 1. The maximum atomic E-state index is 10.7. The summed E-state index contributed by atoms with van der Waals surface area (Å²) in [7, 11) is 0. The van der Waals surface area contributed by atoms with E-state index >= 15 is 0 Å². The Balaban J connectivity index is 2.84. The van der Waals surface area contributed by atoms with Crippen LogP contribution in [0.4, 0.5) is 0 Å². The highest BCUT2D eigenvalue weighted by Gasteiger charge is 1.99. The summed E-state index contributed by atoms with van der Waals surface area (Å²) >= 11 is 0. The molecule has 0 aliphatic heterocycles. The van der Waals surface area contributed by atoms with Gasteiger partial charge < -0.3 is 0 Å². The van der Waals surface area contributed by atoms with Gasteiger partial charge in [0.25, 0.3) is 0 Å². The van der Waals surface area contributed by atoms with Crippen molar-refractivity contribution in [3.63, 3.8) is 0 Å².